The average Bonchev–Trinajstić information content (AvgIpc) is 2.34. The molecule has 1 aromatic rings. The van der Waals surface area contributed by atoms with E-state index < -0.39 is 26.8 Å². The minimum Gasteiger partial charge on any atom is -0.444 e. The predicted octanol–water partition coefficient (Wildman–Crippen LogP) is 1.95. The minimum atomic E-state index is -3.63. The SMILES string of the molecule is CC(C)(C)OC(=O)N1CC(S(=O)(=O)c2ccccc2C#N)C1. The van der Waals surface area contributed by atoms with E-state index in [1.54, 1.807) is 32.9 Å². The van der Waals surface area contributed by atoms with Gasteiger partial charge in [-0.3, -0.25) is 0 Å². The summed E-state index contributed by atoms with van der Waals surface area (Å²) < 4.78 is 30.2. The molecule has 1 aliphatic rings. The van der Waals surface area contributed by atoms with Crippen molar-refractivity contribution in [3.05, 3.63) is 29.8 Å². The molecular formula is C15H18N2O4S. The molecule has 0 aliphatic carbocycles. The topological polar surface area (TPSA) is 87.5 Å². The molecule has 22 heavy (non-hydrogen) atoms. The van der Waals surface area contributed by atoms with Crippen molar-refractivity contribution in [2.24, 2.45) is 0 Å². The highest BCUT2D eigenvalue weighted by Crippen LogP contribution is 2.27. The maximum absolute atomic E-state index is 12.5. The summed E-state index contributed by atoms with van der Waals surface area (Å²) in [5.41, 5.74) is -0.493. The summed E-state index contributed by atoms with van der Waals surface area (Å²) in [4.78, 5) is 13.2. The van der Waals surface area contributed by atoms with Crippen molar-refractivity contribution < 1.29 is 17.9 Å². The number of carbonyl (C=O) groups is 1. The van der Waals surface area contributed by atoms with Gasteiger partial charge in [-0.05, 0) is 32.9 Å². The Labute approximate surface area is 130 Å². The van der Waals surface area contributed by atoms with Gasteiger partial charge in [-0.1, -0.05) is 12.1 Å². The van der Waals surface area contributed by atoms with Crippen molar-refractivity contribution in [1.29, 1.82) is 5.26 Å². The zero-order chi connectivity index (χ0) is 16.5. The molecule has 7 heteroatoms. The van der Waals surface area contributed by atoms with Crippen LogP contribution >= 0.6 is 0 Å². The van der Waals surface area contributed by atoms with Gasteiger partial charge in [-0.25, -0.2) is 13.2 Å². The molecule has 0 saturated carbocycles. The van der Waals surface area contributed by atoms with E-state index in [0.717, 1.165) is 0 Å². The molecule has 1 aliphatic heterocycles. The Hall–Kier alpha value is -2.07. The summed E-state index contributed by atoms with van der Waals surface area (Å²) >= 11 is 0. The molecule has 1 amide bonds. The second-order valence-electron chi connectivity index (χ2n) is 6.16. The van der Waals surface area contributed by atoms with E-state index in [1.165, 1.54) is 17.0 Å². The molecule has 0 atom stereocenters. The fourth-order valence-corrected chi connectivity index (χ4v) is 3.90. The number of nitriles is 1. The fraction of sp³-hybridized carbons (Fsp3) is 0.467. The van der Waals surface area contributed by atoms with Gasteiger partial charge in [0.2, 0.25) is 0 Å². The fourth-order valence-electron chi connectivity index (χ4n) is 2.10. The first kappa shape index (κ1) is 16.3. The predicted molar refractivity (Wildman–Crippen MR) is 79.9 cm³/mol. The largest absolute Gasteiger partial charge is 0.444 e. The van der Waals surface area contributed by atoms with Gasteiger partial charge in [-0.2, -0.15) is 5.26 Å². The Morgan fingerprint density at radius 2 is 1.91 bits per heavy atom. The Kier molecular flexibility index (Phi) is 4.16. The molecular weight excluding hydrogens is 304 g/mol. The number of ether oxygens (including phenoxy) is 1. The lowest BCUT2D eigenvalue weighted by Crippen LogP contribution is -2.57. The van der Waals surface area contributed by atoms with Crippen LogP contribution in [0.25, 0.3) is 0 Å². The first-order valence-corrected chi connectivity index (χ1v) is 8.41. The quantitative estimate of drug-likeness (QED) is 0.830. The molecule has 0 N–H and O–H groups in total. The zero-order valence-electron chi connectivity index (χ0n) is 12.7. The van der Waals surface area contributed by atoms with Gasteiger partial charge in [0.05, 0.1) is 10.5 Å². The number of amides is 1. The number of rotatable bonds is 2. The molecule has 1 aromatic carbocycles. The molecule has 0 unspecified atom stereocenters. The smallest absolute Gasteiger partial charge is 0.410 e. The van der Waals surface area contributed by atoms with Gasteiger partial charge in [0.25, 0.3) is 0 Å². The Morgan fingerprint density at radius 1 is 1.32 bits per heavy atom. The molecule has 0 aromatic heterocycles. The maximum atomic E-state index is 12.5. The van der Waals surface area contributed by atoms with E-state index in [1.807, 2.05) is 6.07 Å². The van der Waals surface area contributed by atoms with Gasteiger partial charge >= 0.3 is 6.09 Å². The van der Waals surface area contributed by atoms with Crippen LogP contribution in [0.5, 0.6) is 0 Å². The van der Waals surface area contributed by atoms with Crippen molar-refractivity contribution in [1.82, 2.24) is 4.90 Å². The number of hydrogen-bond donors (Lipinski definition) is 0. The van der Waals surface area contributed by atoms with Gasteiger partial charge < -0.3 is 9.64 Å². The summed E-state index contributed by atoms with van der Waals surface area (Å²) in [7, 11) is -3.63. The molecule has 118 valence electrons. The summed E-state index contributed by atoms with van der Waals surface area (Å²) in [5, 5.41) is 8.32. The van der Waals surface area contributed by atoms with Crippen LogP contribution in [0.3, 0.4) is 0 Å². The second kappa shape index (κ2) is 5.61. The van der Waals surface area contributed by atoms with Crippen molar-refractivity contribution in [2.45, 2.75) is 36.5 Å². The molecule has 1 fully saturated rings. The monoisotopic (exact) mass is 322 g/mol. The molecule has 0 radical (unpaired) electrons. The average molecular weight is 322 g/mol. The minimum absolute atomic E-state index is 0.0198. The van der Waals surface area contributed by atoms with E-state index in [0.29, 0.717) is 0 Å². The molecule has 0 bridgehead atoms. The number of hydrogen-bond acceptors (Lipinski definition) is 5. The van der Waals surface area contributed by atoms with E-state index in [4.69, 9.17) is 10.00 Å². The number of benzene rings is 1. The van der Waals surface area contributed by atoms with E-state index in [2.05, 4.69) is 0 Å². The highest BCUT2D eigenvalue weighted by Gasteiger charge is 2.42. The number of sulfone groups is 1. The third-order valence-corrected chi connectivity index (χ3v) is 5.40. The van der Waals surface area contributed by atoms with Crippen molar-refractivity contribution in [3.63, 3.8) is 0 Å². The Bertz CT molecular complexity index is 723. The normalized spacial score (nSPS) is 15.8. The standard InChI is InChI=1S/C15H18N2O4S/c1-15(2,3)21-14(18)17-9-12(10-17)22(19,20)13-7-5-4-6-11(13)8-16/h4-7,12H,9-10H2,1-3H3. The summed E-state index contributed by atoms with van der Waals surface area (Å²) in [5.74, 6) is 0. The van der Waals surface area contributed by atoms with Gasteiger partial charge in [0.1, 0.15) is 16.9 Å². The number of carbonyl (C=O) groups excluding carboxylic acids is 1. The highest BCUT2D eigenvalue weighted by atomic mass is 32.2. The van der Waals surface area contributed by atoms with Crippen LogP contribution in [0.1, 0.15) is 26.3 Å². The molecule has 1 heterocycles. The lowest BCUT2D eigenvalue weighted by atomic mass is 10.2. The first-order valence-electron chi connectivity index (χ1n) is 6.86. The molecule has 6 nitrogen and oxygen atoms in total. The van der Waals surface area contributed by atoms with Crippen LogP contribution in [-0.4, -0.2) is 43.4 Å². The van der Waals surface area contributed by atoms with Gasteiger partial charge in [0.15, 0.2) is 9.84 Å². The molecule has 0 spiro atoms. The number of nitrogens with zero attached hydrogens (tertiary/aromatic N) is 2. The summed E-state index contributed by atoms with van der Waals surface area (Å²) in [6.45, 7) is 5.42. The number of likely N-dealkylation sites (tertiary alicyclic amines) is 1. The Morgan fingerprint density at radius 3 is 2.45 bits per heavy atom. The lowest BCUT2D eigenvalue weighted by Gasteiger charge is -2.39. The third-order valence-electron chi connectivity index (χ3n) is 3.25. The summed E-state index contributed by atoms with van der Waals surface area (Å²) in [6.07, 6.45) is -0.521. The third kappa shape index (κ3) is 3.22. The van der Waals surface area contributed by atoms with E-state index in [-0.39, 0.29) is 23.5 Å². The van der Waals surface area contributed by atoms with Crippen LogP contribution in [0.2, 0.25) is 0 Å². The Balaban J connectivity index is 2.10. The maximum Gasteiger partial charge on any atom is 0.410 e. The molecule has 1 saturated heterocycles. The van der Waals surface area contributed by atoms with Crippen molar-refractivity contribution in [2.75, 3.05) is 13.1 Å². The van der Waals surface area contributed by atoms with Crippen LogP contribution < -0.4 is 0 Å². The van der Waals surface area contributed by atoms with Crippen LogP contribution in [0.15, 0.2) is 29.2 Å². The highest BCUT2D eigenvalue weighted by molar-refractivity contribution is 7.92. The van der Waals surface area contributed by atoms with Crippen LogP contribution in [0, 0.1) is 11.3 Å². The molecule has 2 rings (SSSR count). The lowest BCUT2D eigenvalue weighted by molar-refractivity contribution is 0.0139. The van der Waals surface area contributed by atoms with E-state index >= 15 is 0 Å². The second-order valence-corrected chi connectivity index (χ2v) is 8.36. The van der Waals surface area contributed by atoms with Crippen molar-refractivity contribution in [3.8, 4) is 6.07 Å². The first-order chi connectivity index (χ1) is 10.1. The van der Waals surface area contributed by atoms with Crippen molar-refractivity contribution >= 4 is 15.9 Å². The van der Waals surface area contributed by atoms with Crippen LogP contribution in [-0.2, 0) is 14.6 Å². The zero-order valence-corrected chi connectivity index (χ0v) is 13.6. The van der Waals surface area contributed by atoms with E-state index in [9.17, 15) is 13.2 Å². The van der Waals surface area contributed by atoms with Gasteiger partial charge in [0, 0.05) is 13.1 Å². The summed E-state index contributed by atoms with van der Waals surface area (Å²) in [6, 6.07) is 7.97. The van der Waals surface area contributed by atoms with Gasteiger partial charge in [-0.15, -0.1) is 0 Å². The van der Waals surface area contributed by atoms with Crippen LogP contribution in [0.4, 0.5) is 4.79 Å².